The van der Waals surface area contributed by atoms with E-state index in [1.54, 1.807) is 25.1 Å². The summed E-state index contributed by atoms with van der Waals surface area (Å²) in [5.41, 5.74) is 7.18. The molecular formula is C17H13Cl2F3N2O. The highest BCUT2D eigenvalue weighted by molar-refractivity contribution is 6.34. The van der Waals surface area contributed by atoms with Crippen LogP contribution in [0.1, 0.15) is 16.7 Å². The minimum absolute atomic E-state index is 0.0798. The van der Waals surface area contributed by atoms with Gasteiger partial charge in [-0.1, -0.05) is 35.3 Å². The maximum absolute atomic E-state index is 13.9. The van der Waals surface area contributed by atoms with Crippen molar-refractivity contribution in [2.24, 2.45) is 0 Å². The SMILES string of the molecule is Cc1ccc(C2=CC(c3cc(Cl)cc(Cl)c3)(C(F)(F)F)ON2)cc1N. The zero-order chi connectivity index (χ0) is 18.4. The van der Waals surface area contributed by atoms with E-state index in [1.807, 2.05) is 0 Å². The summed E-state index contributed by atoms with van der Waals surface area (Å²) >= 11 is 11.7. The smallest absolute Gasteiger partial charge is 0.398 e. The lowest BCUT2D eigenvalue weighted by Gasteiger charge is -2.28. The summed E-state index contributed by atoms with van der Waals surface area (Å²) in [6, 6.07) is 8.65. The second-order valence-corrected chi connectivity index (χ2v) is 6.60. The maximum atomic E-state index is 13.9. The molecular weight excluding hydrogens is 376 g/mol. The van der Waals surface area contributed by atoms with Crippen LogP contribution in [-0.4, -0.2) is 6.18 Å². The quantitative estimate of drug-likeness (QED) is 0.693. The molecule has 0 radical (unpaired) electrons. The van der Waals surface area contributed by atoms with Crippen molar-refractivity contribution in [1.82, 2.24) is 5.48 Å². The molecule has 0 saturated carbocycles. The molecule has 1 heterocycles. The Kier molecular flexibility index (Phi) is 4.39. The molecule has 0 aliphatic carbocycles. The summed E-state index contributed by atoms with van der Waals surface area (Å²) in [5, 5.41) is 0.160. The van der Waals surface area contributed by atoms with Crippen LogP contribution in [0.4, 0.5) is 18.9 Å². The lowest BCUT2D eigenvalue weighted by molar-refractivity contribution is -0.269. The fourth-order valence-corrected chi connectivity index (χ4v) is 3.09. The Bertz CT molecular complexity index is 847. The highest BCUT2D eigenvalue weighted by atomic mass is 35.5. The van der Waals surface area contributed by atoms with E-state index in [2.05, 4.69) is 5.48 Å². The number of nitrogens with one attached hydrogen (secondary N) is 1. The van der Waals surface area contributed by atoms with Crippen LogP contribution in [0.3, 0.4) is 0 Å². The Morgan fingerprint density at radius 3 is 2.28 bits per heavy atom. The van der Waals surface area contributed by atoms with E-state index in [-0.39, 0.29) is 21.3 Å². The van der Waals surface area contributed by atoms with E-state index in [9.17, 15) is 13.2 Å². The van der Waals surface area contributed by atoms with Gasteiger partial charge in [-0.25, -0.2) is 0 Å². The summed E-state index contributed by atoms with van der Waals surface area (Å²) in [6.45, 7) is 1.81. The molecule has 0 spiro atoms. The fraction of sp³-hybridized carbons (Fsp3) is 0.176. The highest BCUT2D eigenvalue weighted by Crippen LogP contribution is 2.48. The van der Waals surface area contributed by atoms with E-state index >= 15 is 0 Å². The number of anilines is 1. The largest absolute Gasteiger partial charge is 0.428 e. The number of halogens is 5. The molecule has 2 aromatic rings. The molecule has 0 amide bonds. The molecule has 2 aromatic carbocycles. The first-order valence-electron chi connectivity index (χ1n) is 7.19. The third-order valence-electron chi connectivity index (χ3n) is 3.97. The number of hydroxylamine groups is 1. The molecule has 0 bridgehead atoms. The average Bonchev–Trinajstić information content (AvgIpc) is 2.95. The van der Waals surface area contributed by atoms with Gasteiger partial charge in [0.05, 0.1) is 5.70 Å². The molecule has 1 aliphatic rings. The molecule has 3 rings (SSSR count). The second kappa shape index (κ2) is 6.12. The first kappa shape index (κ1) is 17.9. The highest BCUT2D eigenvalue weighted by Gasteiger charge is 2.59. The Morgan fingerprint density at radius 2 is 1.72 bits per heavy atom. The predicted molar refractivity (Wildman–Crippen MR) is 92.0 cm³/mol. The molecule has 0 fully saturated rings. The standard InChI is InChI=1S/C17H13Cl2F3N2O/c1-9-2-3-10(4-14(9)23)15-8-16(25-24-15,17(20,21)22)11-5-12(18)7-13(19)6-11/h2-8,24H,23H2,1H3. The Labute approximate surface area is 152 Å². The molecule has 132 valence electrons. The van der Waals surface area contributed by atoms with Crippen molar-refractivity contribution in [2.45, 2.75) is 18.7 Å². The van der Waals surface area contributed by atoms with E-state index in [1.165, 1.54) is 18.2 Å². The predicted octanol–water partition coefficient (Wildman–Crippen LogP) is 5.22. The van der Waals surface area contributed by atoms with E-state index in [0.29, 0.717) is 11.3 Å². The number of rotatable bonds is 2. The van der Waals surface area contributed by atoms with Crippen molar-refractivity contribution in [2.75, 3.05) is 5.73 Å². The average molecular weight is 389 g/mol. The molecule has 25 heavy (non-hydrogen) atoms. The number of alkyl halides is 3. The molecule has 0 aromatic heterocycles. The fourth-order valence-electron chi connectivity index (χ4n) is 2.56. The van der Waals surface area contributed by atoms with E-state index < -0.39 is 11.8 Å². The van der Waals surface area contributed by atoms with Crippen LogP contribution in [0.25, 0.3) is 5.70 Å². The van der Waals surface area contributed by atoms with Crippen molar-refractivity contribution in [3.63, 3.8) is 0 Å². The van der Waals surface area contributed by atoms with Gasteiger partial charge < -0.3 is 5.73 Å². The Morgan fingerprint density at radius 1 is 1.08 bits per heavy atom. The summed E-state index contributed by atoms with van der Waals surface area (Å²) in [5.74, 6) is 0. The molecule has 1 atom stereocenters. The van der Waals surface area contributed by atoms with Gasteiger partial charge >= 0.3 is 6.18 Å². The maximum Gasteiger partial charge on any atom is 0.428 e. The molecule has 0 saturated heterocycles. The molecule has 1 unspecified atom stereocenters. The van der Waals surface area contributed by atoms with Crippen LogP contribution in [-0.2, 0) is 10.4 Å². The molecule has 3 nitrogen and oxygen atoms in total. The van der Waals surface area contributed by atoms with Gasteiger partial charge in [0.25, 0.3) is 0 Å². The van der Waals surface area contributed by atoms with Crippen LogP contribution in [0, 0.1) is 6.92 Å². The molecule has 8 heteroatoms. The third kappa shape index (κ3) is 3.17. The second-order valence-electron chi connectivity index (χ2n) is 5.73. The Hall–Kier alpha value is -1.89. The topological polar surface area (TPSA) is 47.3 Å². The zero-order valence-corrected chi connectivity index (χ0v) is 14.4. The van der Waals surface area contributed by atoms with Crippen molar-refractivity contribution in [3.05, 3.63) is 69.2 Å². The molecule has 3 N–H and O–H groups in total. The van der Waals surface area contributed by atoms with Gasteiger partial charge in [-0.2, -0.15) is 13.2 Å². The van der Waals surface area contributed by atoms with Gasteiger partial charge in [-0.05, 0) is 42.8 Å². The normalized spacial score (nSPS) is 20.3. The van der Waals surface area contributed by atoms with Crippen LogP contribution < -0.4 is 11.2 Å². The first-order chi connectivity index (χ1) is 11.6. The number of benzene rings is 2. The van der Waals surface area contributed by atoms with Crippen LogP contribution in [0.2, 0.25) is 10.0 Å². The van der Waals surface area contributed by atoms with Crippen molar-refractivity contribution in [1.29, 1.82) is 0 Å². The van der Waals surface area contributed by atoms with Gasteiger partial charge in [0, 0.05) is 26.9 Å². The first-order valence-corrected chi connectivity index (χ1v) is 7.95. The third-order valence-corrected chi connectivity index (χ3v) is 4.41. The van der Waals surface area contributed by atoms with E-state index in [4.69, 9.17) is 33.8 Å². The number of nitrogen functional groups attached to an aromatic ring is 1. The number of nitrogens with two attached hydrogens (primary N) is 1. The summed E-state index contributed by atoms with van der Waals surface area (Å²) in [4.78, 5) is 5.01. The van der Waals surface area contributed by atoms with Gasteiger partial charge in [0.2, 0.25) is 5.60 Å². The Balaban J connectivity index is 2.15. The van der Waals surface area contributed by atoms with Gasteiger partial charge in [-0.15, -0.1) is 0 Å². The monoisotopic (exact) mass is 388 g/mol. The number of aryl methyl sites for hydroxylation is 1. The molecule has 1 aliphatic heterocycles. The van der Waals surface area contributed by atoms with Crippen LogP contribution >= 0.6 is 23.2 Å². The van der Waals surface area contributed by atoms with E-state index in [0.717, 1.165) is 11.6 Å². The van der Waals surface area contributed by atoms with Gasteiger partial charge in [0.1, 0.15) is 0 Å². The summed E-state index contributed by atoms with van der Waals surface area (Å²) in [7, 11) is 0. The minimum Gasteiger partial charge on any atom is -0.398 e. The van der Waals surface area contributed by atoms with Crippen molar-refractivity contribution in [3.8, 4) is 0 Å². The number of hydrogen-bond acceptors (Lipinski definition) is 3. The van der Waals surface area contributed by atoms with Crippen LogP contribution in [0.5, 0.6) is 0 Å². The number of hydrogen-bond donors (Lipinski definition) is 2. The summed E-state index contributed by atoms with van der Waals surface area (Å²) in [6.07, 6.45) is -3.79. The van der Waals surface area contributed by atoms with Crippen molar-refractivity contribution >= 4 is 34.6 Å². The lowest BCUT2D eigenvalue weighted by atomic mass is 9.91. The van der Waals surface area contributed by atoms with Gasteiger partial charge in [0.15, 0.2) is 0 Å². The minimum atomic E-state index is -4.74. The van der Waals surface area contributed by atoms with Crippen molar-refractivity contribution < 1.29 is 18.0 Å². The van der Waals surface area contributed by atoms with Crippen LogP contribution in [0.15, 0.2) is 42.5 Å². The lowest BCUT2D eigenvalue weighted by Crippen LogP contribution is -2.42. The summed E-state index contributed by atoms with van der Waals surface area (Å²) < 4.78 is 41.6. The van der Waals surface area contributed by atoms with Gasteiger partial charge in [-0.3, -0.25) is 10.3 Å². The zero-order valence-electron chi connectivity index (χ0n) is 12.9.